The fraction of sp³-hybridized carbons (Fsp3) is 0.118. The molecule has 0 atom stereocenters. The molecule has 0 spiro atoms. The summed E-state index contributed by atoms with van der Waals surface area (Å²) in [4.78, 5) is 26.0. The van der Waals surface area contributed by atoms with Gasteiger partial charge in [-0.2, -0.15) is 0 Å². The van der Waals surface area contributed by atoms with Gasteiger partial charge in [-0.25, -0.2) is 0 Å². The number of hydrogen-bond acceptors (Lipinski definition) is 2. The predicted molar refractivity (Wildman–Crippen MR) is 152 cm³/mol. The number of aromatic nitrogens is 1. The first-order valence-corrected chi connectivity index (χ1v) is 12.5. The van der Waals surface area contributed by atoms with Crippen LogP contribution in [0.4, 0.5) is 0 Å². The minimum atomic E-state index is 0.0454. The van der Waals surface area contributed by atoms with Gasteiger partial charge in [-0.3, -0.25) is 9.59 Å². The second-order valence-corrected chi connectivity index (χ2v) is 9.92. The molecular weight excluding hydrogens is 454 g/mol. The molecule has 0 aliphatic rings. The van der Waals surface area contributed by atoms with Crippen molar-refractivity contribution < 1.29 is 9.59 Å². The molecule has 180 valence electrons. The molecule has 0 saturated heterocycles. The van der Waals surface area contributed by atoms with E-state index in [0.29, 0.717) is 11.1 Å². The number of nitrogens with zero attached hydrogens (tertiary/aromatic N) is 1. The molecule has 3 heteroatoms. The number of rotatable bonds is 4. The fourth-order valence-corrected chi connectivity index (χ4v) is 5.80. The van der Waals surface area contributed by atoms with Gasteiger partial charge in [-0.1, -0.05) is 60.2 Å². The van der Waals surface area contributed by atoms with Gasteiger partial charge >= 0.3 is 0 Å². The van der Waals surface area contributed by atoms with Crippen LogP contribution in [0.5, 0.6) is 0 Å². The number of fused-ring (bicyclic) bond motifs is 5. The zero-order chi connectivity index (χ0) is 25.8. The van der Waals surface area contributed by atoms with E-state index in [1.54, 1.807) is 6.92 Å². The fourth-order valence-electron chi connectivity index (χ4n) is 5.80. The molecule has 0 saturated carbocycles. The summed E-state index contributed by atoms with van der Waals surface area (Å²) in [6.45, 7) is 7.68. The minimum Gasteiger partial charge on any atom is -0.309 e. The van der Waals surface area contributed by atoms with Crippen LogP contribution < -0.4 is 0 Å². The van der Waals surface area contributed by atoms with Crippen molar-refractivity contribution in [1.29, 1.82) is 0 Å². The van der Waals surface area contributed by atoms with Crippen LogP contribution in [0.25, 0.3) is 38.3 Å². The molecule has 5 aromatic carbocycles. The highest BCUT2D eigenvalue weighted by Crippen LogP contribution is 2.39. The zero-order valence-electron chi connectivity index (χ0n) is 21.4. The van der Waals surface area contributed by atoms with Crippen LogP contribution in [0.2, 0.25) is 0 Å². The molecule has 1 heterocycles. The lowest BCUT2D eigenvalue weighted by atomic mass is 9.89. The smallest absolute Gasteiger partial charge is 0.194 e. The van der Waals surface area contributed by atoms with E-state index in [-0.39, 0.29) is 11.6 Å². The van der Waals surface area contributed by atoms with Gasteiger partial charge in [0, 0.05) is 38.5 Å². The number of ketones is 2. The Balaban J connectivity index is 1.71. The third kappa shape index (κ3) is 3.58. The van der Waals surface area contributed by atoms with E-state index in [0.717, 1.165) is 60.5 Å². The van der Waals surface area contributed by atoms with Gasteiger partial charge in [0.05, 0.1) is 11.0 Å². The third-order valence-electron chi connectivity index (χ3n) is 7.36. The van der Waals surface area contributed by atoms with E-state index >= 15 is 0 Å². The van der Waals surface area contributed by atoms with E-state index in [1.807, 2.05) is 68.4 Å². The average Bonchev–Trinajstić information content (AvgIpc) is 3.22. The number of carbonyl (C=O) groups excluding carboxylic acids is 2. The maximum absolute atomic E-state index is 14.1. The monoisotopic (exact) mass is 481 g/mol. The second-order valence-electron chi connectivity index (χ2n) is 9.92. The van der Waals surface area contributed by atoms with E-state index in [1.165, 1.54) is 0 Å². The molecule has 0 bridgehead atoms. The van der Waals surface area contributed by atoms with Crippen LogP contribution in [-0.2, 0) is 0 Å². The standard InChI is InChI=1S/C34H27NO2/c1-20-17-21(2)32(22(3)18-20)34(37)30-19-29-27-10-7-8-12-31(27)35(25-15-13-24(14-16-25)23(4)36)33(29)28-11-6-5-9-26(28)30/h5-19H,1-4H3. The van der Waals surface area contributed by atoms with Crippen molar-refractivity contribution in [2.24, 2.45) is 0 Å². The Morgan fingerprint density at radius 3 is 1.89 bits per heavy atom. The van der Waals surface area contributed by atoms with Crippen molar-refractivity contribution in [3.63, 3.8) is 0 Å². The summed E-state index contributed by atoms with van der Waals surface area (Å²) in [5, 5.41) is 4.09. The van der Waals surface area contributed by atoms with Crippen molar-refractivity contribution in [2.75, 3.05) is 0 Å². The number of benzene rings is 5. The number of aryl methyl sites for hydroxylation is 3. The number of carbonyl (C=O) groups is 2. The lowest BCUT2D eigenvalue weighted by molar-refractivity contribution is 0.101. The van der Waals surface area contributed by atoms with Crippen LogP contribution >= 0.6 is 0 Å². The summed E-state index contributed by atoms with van der Waals surface area (Å²) >= 11 is 0. The van der Waals surface area contributed by atoms with Crippen molar-refractivity contribution in [2.45, 2.75) is 27.7 Å². The van der Waals surface area contributed by atoms with Gasteiger partial charge in [0.15, 0.2) is 11.6 Å². The van der Waals surface area contributed by atoms with Crippen LogP contribution in [-0.4, -0.2) is 16.1 Å². The molecule has 3 nitrogen and oxygen atoms in total. The molecular formula is C34H27NO2. The summed E-state index contributed by atoms with van der Waals surface area (Å²) in [6.07, 6.45) is 0. The van der Waals surface area contributed by atoms with Gasteiger partial charge in [0.1, 0.15) is 0 Å². The first-order valence-electron chi connectivity index (χ1n) is 12.5. The molecule has 0 aliphatic carbocycles. The van der Waals surface area contributed by atoms with Crippen molar-refractivity contribution >= 4 is 44.1 Å². The Labute approximate surface area is 216 Å². The largest absolute Gasteiger partial charge is 0.309 e. The maximum atomic E-state index is 14.1. The molecule has 0 N–H and O–H groups in total. The average molecular weight is 482 g/mol. The van der Waals surface area contributed by atoms with E-state index in [2.05, 4.69) is 47.9 Å². The Morgan fingerprint density at radius 1 is 0.649 bits per heavy atom. The van der Waals surface area contributed by atoms with Crippen molar-refractivity contribution in [3.05, 3.63) is 124 Å². The predicted octanol–water partition coefficient (Wildman–Crippen LogP) is 8.30. The van der Waals surface area contributed by atoms with Gasteiger partial charge < -0.3 is 4.57 Å². The summed E-state index contributed by atoms with van der Waals surface area (Å²) in [5.74, 6) is 0.0970. The SMILES string of the molecule is CC(=O)c1ccc(-n2c3ccccc3c3cc(C(=O)c4c(C)cc(C)cc4C)c4ccccc4c32)cc1. The highest BCUT2D eigenvalue weighted by Gasteiger charge is 2.22. The lowest BCUT2D eigenvalue weighted by Crippen LogP contribution is -2.08. The number of Topliss-reactive ketones (excluding diaryl/α,β-unsaturated/α-hetero) is 1. The molecule has 0 radical (unpaired) electrons. The Morgan fingerprint density at radius 2 is 1.24 bits per heavy atom. The van der Waals surface area contributed by atoms with Gasteiger partial charge in [-0.05, 0) is 80.6 Å². The van der Waals surface area contributed by atoms with Crippen LogP contribution in [0.3, 0.4) is 0 Å². The number of hydrogen-bond donors (Lipinski definition) is 0. The Bertz CT molecular complexity index is 1860. The van der Waals surface area contributed by atoms with Crippen molar-refractivity contribution in [3.8, 4) is 5.69 Å². The minimum absolute atomic E-state index is 0.0454. The number of para-hydroxylation sites is 1. The van der Waals surface area contributed by atoms with E-state index in [9.17, 15) is 9.59 Å². The third-order valence-corrected chi connectivity index (χ3v) is 7.36. The van der Waals surface area contributed by atoms with E-state index < -0.39 is 0 Å². The summed E-state index contributed by atoms with van der Waals surface area (Å²) < 4.78 is 2.24. The molecule has 1 aromatic heterocycles. The molecule has 0 amide bonds. The molecule has 0 fully saturated rings. The highest BCUT2D eigenvalue weighted by molar-refractivity contribution is 6.26. The summed E-state index contributed by atoms with van der Waals surface area (Å²) in [7, 11) is 0. The lowest BCUT2D eigenvalue weighted by Gasteiger charge is -2.14. The molecule has 37 heavy (non-hydrogen) atoms. The quantitative estimate of drug-likeness (QED) is 0.238. The Hall–Kier alpha value is -4.50. The second kappa shape index (κ2) is 8.56. The van der Waals surface area contributed by atoms with Crippen LogP contribution in [0, 0.1) is 20.8 Å². The normalized spacial score (nSPS) is 11.5. The van der Waals surface area contributed by atoms with Gasteiger partial charge in [-0.15, -0.1) is 0 Å². The maximum Gasteiger partial charge on any atom is 0.194 e. The molecule has 6 aromatic rings. The molecule has 0 unspecified atom stereocenters. The molecule has 6 rings (SSSR count). The Kier molecular flexibility index (Phi) is 5.31. The van der Waals surface area contributed by atoms with Gasteiger partial charge in [0.2, 0.25) is 0 Å². The first-order chi connectivity index (χ1) is 17.8. The topological polar surface area (TPSA) is 39.1 Å². The van der Waals surface area contributed by atoms with E-state index in [4.69, 9.17) is 0 Å². The van der Waals surface area contributed by atoms with Gasteiger partial charge in [0.25, 0.3) is 0 Å². The van der Waals surface area contributed by atoms with Crippen LogP contribution in [0.15, 0.2) is 91.0 Å². The zero-order valence-corrected chi connectivity index (χ0v) is 21.4. The summed E-state index contributed by atoms with van der Waals surface area (Å²) in [6, 6.07) is 30.4. The molecule has 0 aliphatic heterocycles. The highest BCUT2D eigenvalue weighted by atomic mass is 16.1. The summed E-state index contributed by atoms with van der Waals surface area (Å²) in [5.41, 5.74) is 8.43. The first kappa shape index (κ1) is 22.9. The van der Waals surface area contributed by atoms with Crippen LogP contribution in [0.1, 0.15) is 49.9 Å². The van der Waals surface area contributed by atoms with Crippen molar-refractivity contribution in [1.82, 2.24) is 4.57 Å².